The standard InChI is InChI=1S/C27H26N2O4/c1-4-33-22-16-10-19(11-17-22)25(30)23-24(18-8-6-5-7-9-18)29(27(32)26(23)31)21-14-12-20(13-15-21)28(2)3/h5-17,24,30H,4H2,1-3H3/b25-23+. The maximum Gasteiger partial charge on any atom is 0.300 e. The highest BCUT2D eigenvalue weighted by atomic mass is 16.5. The summed E-state index contributed by atoms with van der Waals surface area (Å²) in [5.41, 5.74) is 2.80. The molecule has 0 radical (unpaired) electrons. The molecule has 1 amide bonds. The number of ketones is 1. The van der Waals surface area contributed by atoms with Gasteiger partial charge in [0.15, 0.2) is 0 Å². The highest BCUT2D eigenvalue weighted by Gasteiger charge is 2.46. The lowest BCUT2D eigenvalue weighted by atomic mass is 9.95. The van der Waals surface area contributed by atoms with Crippen molar-refractivity contribution in [3.8, 4) is 5.75 Å². The van der Waals surface area contributed by atoms with Crippen LogP contribution >= 0.6 is 0 Å². The largest absolute Gasteiger partial charge is 0.507 e. The number of anilines is 2. The van der Waals surface area contributed by atoms with E-state index in [1.165, 1.54) is 4.90 Å². The Bertz CT molecular complexity index is 1180. The average Bonchev–Trinajstić information content (AvgIpc) is 3.10. The molecule has 1 unspecified atom stereocenters. The van der Waals surface area contributed by atoms with Crippen molar-refractivity contribution in [3.63, 3.8) is 0 Å². The molecule has 1 aliphatic rings. The number of rotatable bonds is 6. The minimum absolute atomic E-state index is 0.0621. The van der Waals surface area contributed by atoms with Crippen molar-refractivity contribution < 1.29 is 19.4 Å². The van der Waals surface area contributed by atoms with Crippen molar-refractivity contribution >= 4 is 28.8 Å². The second-order valence-corrected chi connectivity index (χ2v) is 7.95. The molecule has 3 aromatic carbocycles. The molecule has 4 rings (SSSR count). The Morgan fingerprint density at radius 3 is 2.15 bits per heavy atom. The third kappa shape index (κ3) is 4.20. The van der Waals surface area contributed by atoms with Gasteiger partial charge in [0.1, 0.15) is 11.5 Å². The second kappa shape index (κ2) is 9.20. The number of hydrogen-bond acceptors (Lipinski definition) is 5. The van der Waals surface area contributed by atoms with Gasteiger partial charge in [-0.25, -0.2) is 0 Å². The summed E-state index contributed by atoms with van der Waals surface area (Å²) in [4.78, 5) is 29.8. The van der Waals surface area contributed by atoms with Crippen LogP contribution in [0.3, 0.4) is 0 Å². The van der Waals surface area contributed by atoms with Gasteiger partial charge < -0.3 is 14.7 Å². The SMILES string of the molecule is CCOc1ccc(/C(O)=C2\C(=O)C(=O)N(c3ccc(N(C)C)cc3)C2c2ccccc2)cc1. The fraction of sp³-hybridized carbons (Fsp3) is 0.185. The molecule has 0 saturated carbocycles. The fourth-order valence-electron chi connectivity index (χ4n) is 3.99. The Hall–Kier alpha value is -4.06. The lowest BCUT2D eigenvalue weighted by Crippen LogP contribution is -2.29. The minimum atomic E-state index is -0.747. The van der Waals surface area contributed by atoms with Gasteiger partial charge in [0.25, 0.3) is 11.7 Å². The molecule has 3 aromatic rings. The normalized spacial score (nSPS) is 17.3. The predicted octanol–water partition coefficient (Wildman–Crippen LogP) is 4.78. The number of carbonyl (C=O) groups is 2. The molecule has 1 heterocycles. The van der Waals surface area contributed by atoms with E-state index in [-0.39, 0.29) is 11.3 Å². The number of Topliss-reactive ketones (excluding diaryl/α,β-unsaturated/α-hetero) is 1. The molecule has 1 N–H and O–H groups in total. The lowest BCUT2D eigenvalue weighted by Gasteiger charge is -2.26. The van der Waals surface area contributed by atoms with E-state index in [4.69, 9.17) is 4.74 Å². The van der Waals surface area contributed by atoms with E-state index in [0.717, 1.165) is 11.3 Å². The second-order valence-electron chi connectivity index (χ2n) is 7.95. The predicted molar refractivity (Wildman–Crippen MR) is 130 cm³/mol. The van der Waals surface area contributed by atoms with E-state index in [9.17, 15) is 14.7 Å². The number of ether oxygens (including phenoxy) is 1. The van der Waals surface area contributed by atoms with Crippen LogP contribution in [0.2, 0.25) is 0 Å². The molecule has 0 spiro atoms. The number of carbonyl (C=O) groups excluding carboxylic acids is 2. The first kappa shape index (κ1) is 22.1. The smallest absolute Gasteiger partial charge is 0.300 e. The Kier molecular flexibility index (Phi) is 6.18. The van der Waals surface area contributed by atoms with Gasteiger partial charge in [-0.1, -0.05) is 30.3 Å². The number of amides is 1. The van der Waals surface area contributed by atoms with Crippen molar-refractivity contribution in [2.45, 2.75) is 13.0 Å². The Morgan fingerprint density at radius 2 is 1.58 bits per heavy atom. The average molecular weight is 443 g/mol. The van der Waals surface area contributed by atoms with Crippen molar-refractivity contribution in [3.05, 3.63) is 95.6 Å². The molecule has 0 bridgehead atoms. The summed E-state index contributed by atoms with van der Waals surface area (Å²) in [5, 5.41) is 11.2. The first-order chi connectivity index (χ1) is 15.9. The highest BCUT2D eigenvalue weighted by Crippen LogP contribution is 2.42. The van der Waals surface area contributed by atoms with Gasteiger partial charge in [-0.2, -0.15) is 0 Å². The van der Waals surface area contributed by atoms with Crippen LogP contribution in [0.1, 0.15) is 24.1 Å². The minimum Gasteiger partial charge on any atom is -0.507 e. The summed E-state index contributed by atoms with van der Waals surface area (Å²) in [6, 6.07) is 22.8. The number of nitrogens with zero attached hydrogens (tertiary/aromatic N) is 2. The van der Waals surface area contributed by atoms with Crippen molar-refractivity contribution in [1.82, 2.24) is 0 Å². The summed E-state index contributed by atoms with van der Waals surface area (Å²) >= 11 is 0. The maximum atomic E-state index is 13.2. The molecule has 1 aliphatic heterocycles. The topological polar surface area (TPSA) is 70.1 Å². The third-order valence-electron chi connectivity index (χ3n) is 5.64. The van der Waals surface area contributed by atoms with Gasteiger partial charge in [0, 0.05) is 31.0 Å². The van der Waals surface area contributed by atoms with Crippen LogP contribution < -0.4 is 14.5 Å². The molecule has 6 nitrogen and oxygen atoms in total. The lowest BCUT2D eigenvalue weighted by molar-refractivity contribution is -0.132. The molecular weight excluding hydrogens is 416 g/mol. The fourth-order valence-corrected chi connectivity index (χ4v) is 3.99. The highest BCUT2D eigenvalue weighted by molar-refractivity contribution is 6.51. The summed E-state index contributed by atoms with van der Waals surface area (Å²) < 4.78 is 5.47. The van der Waals surface area contributed by atoms with Gasteiger partial charge >= 0.3 is 0 Å². The van der Waals surface area contributed by atoms with Crippen molar-refractivity contribution in [1.29, 1.82) is 0 Å². The molecule has 33 heavy (non-hydrogen) atoms. The van der Waals surface area contributed by atoms with Crippen LogP contribution in [-0.2, 0) is 9.59 Å². The summed E-state index contributed by atoms with van der Waals surface area (Å²) in [6.45, 7) is 2.41. The number of aliphatic hydroxyl groups excluding tert-OH is 1. The Morgan fingerprint density at radius 1 is 0.939 bits per heavy atom. The number of benzene rings is 3. The first-order valence-electron chi connectivity index (χ1n) is 10.8. The quantitative estimate of drug-likeness (QED) is 0.338. The first-order valence-corrected chi connectivity index (χ1v) is 10.8. The van der Waals surface area contributed by atoms with Gasteiger partial charge in [-0.3, -0.25) is 14.5 Å². The molecule has 1 fully saturated rings. The van der Waals surface area contributed by atoms with Crippen LogP contribution in [0.15, 0.2) is 84.4 Å². The molecule has 168 valence electrons. The van der Waals surface area contributed by atoms with Crippen LogP contribution in [0.5, 0.6) is 5.75 Å². The third-order valence-corrected chi connectivity index (χ3v) is 5.64. The molecule has 1 saturated heterocycles. The zero-order chi connectivity index (χ0) is 23.5. The van der Waals surface area contributed by atoms with Crippen LogP contribution in [0, 0.1) is 0 Å². The monoisotopic (exact) mass is 442 g/mol. The van der Waals surface area contributed by atoms with E-state index in [1.807, 2.05) is 80.5 Å². The van der Waals surface area contributed by atoms with Gasteiger partial charge in [0.05, 0.1) is 18.2 Å². The molecular formula is C27H26N2O4. The van der Waals surface area contributed by atoms with Gasteiger partial charge in [-0.05, 0) is 61.0 Å². The zero-order valence-electron chi connectivity index (χ0n) is 18.9. The number of aliphatic hydroxyl groups is 1. The maximum absolute atomic E-state index is 13.2. The van der Waals surface area contributed by atoms with E-state index in [0.29, 0.717) is 23.6 Å². The van der Waals surface area contributed by atoms with Crippen molar-refractivity contribution in [2.24, 2.45) is 0 Å². The van der Waals surface area contributed by atoms with Crippen LogP contribution in [0.25, 0.3) is 5.76 Å². The van der Waals surface area contributed by atoms with Crippen molar-refractivity contribution in [2.75, 3.05) is 30.5 Å². The van der Waals surface area contributed by atoms with Crippen LogP contribution in [0.4, 0.5) is 11.4 Å². The van der Waals surface area contributed by atoms with Crippen LogP contribution in [-0.4, -0.2) is 37.5 Å². The molecule has 0 aromatic heterocycles. The number of hydrogen-bond donors (Lipinski definition) is 1. The zero-order valence-corrected chi connectivity index (χ0v) is 18.9. The van der Waals surface area contributed by atoms with Gasteiger partial charge in [-0.15, -0.1) is 0 Å². The summed E-state index contributed by atoms with van der Waals surface area (Å²) in [6.07, 6.45) is 0. The van der Waals surface area contributed by atoms with E-state index in [2.05, 4.69) is 0 Å². The van der Waals surface area contributed by atoms with Gasteiger partial charge in [0.2, 0.25) is 0 Å². The van der Waals surface area contributed by atoms with E-state index >= 15 is 0 Å². The summed E-state index contributed by atoms with van der Waals surface area (Å²) in [5.74, 6) is -0.936. The molecule has 1 atom stereocenters. The molecule has 0 aliphatic carbocycles. The molecule has 6 heteroatoms. The van der Waals surface area contributed by atoms with E-state index in [1.54, 1.807) is 24.3 Å². The van der Waals surface area contributed by atoms with E-state index < -0.39 is 17.7 Å². The Labute approximate surface area is 193 Å². The Balaban J connectivity index is 1.84. The summed E-state index contributed by atoms with van der Waals surface area (Å²) in [7, 11) is 3.87.